The van der Waals surface area contributed by atoms with Crippen LogP contribution in [0.15, 0.2) is 16.3 Å². The number of amidine groups is 1. The van der Waals surface area contributed by atoms with Crippen LogP contribution < -0.4 is 5.73 Å². The molecule has 0 saturated heterocycles. The van der Waals surface area contributed by atoms with Crippen LogP contribution in [0.1, 0.15) is 4.88 Å². The van der Waals surface area contributed by atoms with Crippen molar-refractivity contribution < 1.29 is 0 Å². The van der Waals surface area contributed by atoms with Gasteiger partial charge in [-0.15, -0.1) is 35.5 Å². The lowest BCUT2D eigenvalue weighted by atomic mass is 10.4. The van der Waals surface area contributed by atoms with Crippen molar-refractivity contribution in [3.63, 3.8) is 0 Å². The van der Waals surface area contributed by atoms with E-state index in [9.17, 15) is 0 Å². The Balaban J connectivity index is 0.000001000. The van der Waals surface area contributed by atoms with E-state index in [0.29, 0.717) is 0 Å². The van der Waals surface area contributed by atoms with E-state index in [4.69, 9.17) is 11.1 Å². The van der Waals surface area contributed by atoms with Crippen LogP contribution in [-0.2, 0) is 0 Å². The van der Waals surface area contributed by atoms with Gasteiger partial charge in [-0.25, -0.2) is 0 Å². The fraction of sp³-hybridized carbons (Fsp3) is 0.167. The van der Waals surface area contributed by atoms with Crippen LogP contribution >= 0.6 is 35.5 Å². The van der Waals surface area contributed by atoms with Gasteiger partial charge in [-0.1, -0.05) is 0 Å². The van der Waals surface area contributed by atoms with Crippen LogP contribution in [0.4, 0.5) is 0 Å². The highest BCUT2D eigenvalue weighted by atomic mass is 35.5. The van der Waals surface area contributed by atoms with Gasteiger partial charge in [0.1, 0.15) is 5.84 Å². The molecule has 0 spiro atoms. The molecule has 1 aromatic heterocycles. The molecule has 0 radical (unpaired) electrons. The molecule has 1 heterocycles. The van der Waals surface area contributed by atoms with Crippen LogP contribution in [0, 0.1) is 5.41 Å². The molecule has 1 aromatic rings. The summed E-state index contributed by atoms with van der Waals surface area (Å²) in [6.45, 7) is 0. The van der Waals surface area contributed by atoms with Crippen LogP contribution in [0.5, 0.6) is 0 Å². The van der Waals surface area contributed by atoms with Gasteiger partial charge in [0.2, 0.25) is 0 Å². The van der Waals surface area contributed by atoms with Crippen molar-refractivity contribution in [2.75, 3.05) is 6.26 Å². The number of hydrogen-bond acceptors (Lipinski definition) is 3. The molecule has 0 aliphatic carbocycles. The average Bonchev–Trinajstić information content (AvgIpc) is 2.33. The van der Waals surface area contributed by atoms with Crippen molar-refractivity contribution in [3.8, 4) is 0 Å². The molecule has 62 valence electrons. The minimum absolute atomic E-state index is 0. The maximum atomic E-state index is 7.17. The van der Waals surface area contributed by atoms with E-state index in [1.165, 1.54) is 11.3 Å². The Kier molecular flexibility index (Phi) is 4.56. The summed E-state index contributed by atoms with van der Waals surface area (Å²) < 4.78 is 0. The number of thioether (sulfide) groups is 1. The Bertz CT molecular complexity index is 246. The van der Waals surface area contributed by atoms with Crippen molar-refractivity contribution in [2.45, 2.75) is 4.90 Å². The normalized spacial score (nSPS) is 8.82. The molecule has 0 atom stereocenters. The zero-order chi connectivity index (χ0) is 7.56. The number of rotatable bonds is 2. The van der Waals surface area contributed by atoms with Crippen molar-refractivity contribution >= 4 is 41.3 Å². The van der Waals surface area contributed by atoms with E-state index in [-0.39, 0.29) is 18.2 Å². The molecule has 3 N–H and O–H groups in total. The van der Waals surface area contributed by atoms with E-state index in [2.05, 4.69) is 0 Å². The van der Waals surface area contributed by atoms with Gasteiger partial charge in [0.15, 0.2) is 0 Å². The largest absolute Gasteiger partial charge is 0.383 e. The molecule has 0 unspecified atom stereocenters. The van der Waals surface area contributed by atoms with Crippen LogP contribution in [0.3, 0.4) is 0 Å². The standard InChI is InChI=1S/C6H8N2S2.ClH/c1-9-4-2-3-10-5(4)6(7)8;/h2-3H,1H3,(H3,7,8);1H. The number of hydrogen-bond donors (Lipinski definition) is 2. The molecule has 0 bridgehead atoms. The Morgan fingerprint density at radius 2 is 2.36 bits per heavy atom. The van der Waals surface area contributed by atoms with Gasteiger partial charge in [0.25, 0.3) is 0 Å². The van der Waals surface area contributed by atoms with Gasteiger partial charge < -0.3 is 5.73 Å². The Labute approximate surface area is 80.1 Å². The maximum absolute atomic E-state index is 7.17. The zero-order valence-electron chi connectivity index (χ0n) is 5.96. The molecular weight excluding hydrogens is 200 g/mol. The first-order valence-corrected chi connectivity index (χ1v) is 4.82. The molecule has 1 rings (SSSR count). The summed E-state index contributed by atoms with van der Waals surface area (Å²) in [5.74, 6) is 0.166. The van der Waals surface area contributed by atoms with Gasteiger partial charge in [0.05, 0.1) is 4.88 Å². The van der Waals surface area contributed by atoms with E-state index < -0.39 is 0 Å². The molecular formula is C6H9ClN2S2. The van der Waals surface area contributed by atoms with Gasteiger partial charge in [-0.2, -0.15) is 0 Å². The highest BCUT2D eigenvalue weighted by molar-refractivity contribution is 7.98. The summed E-state index contributed by atoms with van der Waals surface area (Å²) in [5, 5.41) is 9.12. The quantitative estimate of drug-likeness (QED) is 0.445. The SMILES string of the molecule is CSc1ccsc1C(=N)N.Cl. The number of halogens is 1. The molecule has 0 aliphatic rings. The van der Waals surface area contributed by atoms with Gasteiger partial charge in [0, 0.05) is 4.90 Å². The Morgan fingerprint density at radius 3 is 2.73 bits per heavy atom. The first-order chi connectivity index (χ1) is 4.75. The number of nitrogen functional groups attached to an aromatic ring is 1. The van der Waals surface area contributed by atoms with Gasteiger partial charge >= 0.3 is 0 Å². The summed E-state index contributed by atoms with van der Waals surface area (Å²) in [6, 6.07) is 1.98. The third kappa shape index (κ3) is 2.39. The fourth-order valence-corrected chi connectivity index (χ4v) is 2.29. The second kappa shape index (κ2) is 4.64. The molecule has 0 amide bonds. The Hall–Kier alpha value is -0.190. The predicted octanol–water partition coefficient (Wildman–Crippen LogP) is 2.18. The van der Waals surface area contributed by atoms with Crippen LogP contribution in [0.2, 0.25) is 0 Å². The van der Waals surface area contributed by atoms with Crippen molar-refractivity contribution in [2.24, 2.45) is 5.73 Å². The van der Waals surface area contributed by atoms with Crippen LogP contribution in [0.25, 0.3) is 0 Å². The topological polar surface area (TPSA) is 49.9 Å². The Morgan fingerprint density at radius 1 is 1.73 bits per heavy atom. The van der Waals surface area contributed by atoms with Crippen LogP contribution in [-0.4, -0.2) is 12.1 Å². The van der Waals surface area contributed by atoms with E-state index in [0.717, 1.165) is 9.77 Å². The second-order valence-corrected chi connectivity index (χ2v) is 3.50. The minimum atomic E-state index is 0. The molecule has 11 heavy (non-hydrogen) atoms. The minimum Gasteiger partial charge on any atom is -0.383 e. The van der Waals surface area contributed by atoms with Crippen molar-refractivity contribution in [1.29, 1.82) is 5.41 Å². The molecule has 0 aromatic carbocycles. The highest BCUT2D eigenvalue weighted by Gasteiger charge is 2.03. The number of nitrogens with one attached hydrogen (secondary N) is 1. The first kappa shape index (κ1) is 10.8. The average molecular weight is 209 g/mol. The predicted molar refractivity (Wildman–Crippen MR) is 54.4 cm³/mol. The summed E-state index contributed by atoms with van der Waals surface area (Å²) >= 11 is 3.13. The third-order valence-electron chi connectivity index (χ3n) is 1.09. The van der Waals surface area contributed by atoms with E-state index >= 15 is 0 Å². The third-order valence-corrected chi connectivity index (χ3v) is 2.95. The molecule has 0 saturated carbocycles. The fourth-order valence-electron chi connectivity index (χ4n) is 0.655. The smallest absolute Gasteiger partial charge is 0.134 e. The van der Waals surface area contributed by atoms with E-state index in [1.807, 2.05) is 17.7 Å². The second-order valence-electron chi connectivity index (χ2n) is 1.73. The molecule has 0 fully saturated rings. The lowest BCUT2D eigenvalue weighted by Crippen LogP contribution is -2.09. The van der Waals surface area contributed by atoms with Gasteiger partial charge in [-0.05, 0) is 17.7 Å². The first-order valence-electron chi connectivity index (χ1n) is 2.71. The monoisotopic (exact) mass is 208 g/mol. The number of nitrogens with two attached hydrogens (primary N) is 1. The van der Waals surface area contributed by atoms with Crippen molar-refractivity contribution in [3.05, 3.63) is 16.3 Å². The summed E-state index contributed by atoms with van der Waals surface area (Å²) in [6.07, 6.45) is 1.98. The van der Waals surface area contributed by atoms with Gasteiger partial charge in [-0.3, -0.25) is 5.41 Å². The molecule has 0 aliphatic heterocycles. The highest BCUT2D eigenvalue weighted by Crippen LogP contribution is 2.24. The summed E-state index contributed by atoms with van der Waals surface area (Å²) in [7, 11) is 0. The lowest BCUT2D eigenvalue weighted by molar-refractivity contribution is 1.41. The maximum Gasteiger partial charge on any atom is 0.134 e. The molecule has 5 heteroatoms. The molecule has 2 nitrogen and oxygen atoms in total. The number of thiophene rings is 1. The van der Waals surface area contributed by atoms with Crippen molar-refractivity contribution in [1.82, 2.24) is 0 Å². The van der Waals surface area contributed by atoms with E-state index in [1.54, 1.807) is 11.8 Å². The summed E-state index contributed by atoms with van der Waals surface area (Å²) in [4.78, 5) is 1.98. The summed E-state index contributed by atoms with van der Waals surface area (Å²) in [5.41, 5.74) is 5.31. The lowest BCUT2D eigenvalue weighted by Gasteiger charge is -1.94. The zero-order valence-corrected chi connectivity index (χ0v) is 8.41.